The lowest BCUT2D eigenvalue weighted by molar-refractivity contribution is -0.0501. The first kappa shape index (κ1) is 20.8. The third-order valence-electron chi connectivity index (χ3n) is 3.99. The van der Waals surface area contributed by atoms with Crippen molar-refractivity contribution in [2.75, 3.05) is 5.32 Å². The quantitative estimate of drug-likeness (QED) is 0.502. The van der Waals surface area contributed by atoms with Gasteiger partial charge in [-0.2, -0.15) is 13.9 Å². The van der Waals surface area contributed by atoms with Crippen LogP contribution in [0.25, 0.3) is 0 Å². The van der Waals surface area contributed by atoms with Gasteiger partial charge in [0.15, 0.2) is 6.73 Å². The molecule has 2 aromatic carbocycles. The van der Waals surface area contributed by atoms with Gasteiger partial charge in [-0.25, -0.2) is 4.68 Å². The maximum absolute atomic E-state index is 12.6. The predicted molar refractivity (Wildman–Crippen MR) is 107 cm³/mol. The normalized spacial score (nSPS) is 10.8. The zero-order valence-electron chi connectivity index (χ0n) is 15.4. The molecule has 0 aliphatic rings. The van der Waals surface area contributed by atoms with Crippen LogP contribution in [0.5, 0.6) is 11.5 Å². The average Bonchev–Trinajstić information content (AvgIpc) is 3.15. The van der Waals surface area contributed by atoms with Crippen LogP contribution >= 0.6 is 15.9 Å². The molecule has 0 radical (unpaired) electrons. The highest BCUT2D eigenvalue weighted by molar-refractivity contribution is 9.10. The predicted octanol–water partition coefficient (Wildman–Crippen LogP) is 5.10. The summed E-state index contributed by atoms with van der Waals surface area (Å²) in [6.45, 7) is -0.807. The van der Waals surface area contributed by atoms with Crippen molar-refractivity contribution in [1.82, 2.24) is 9.78 Å². The maximum Gasteiger partial charge on any atom is 0.387 e. The second-order valence-electron chi connectivity index (χ2n) is 6.01. The maximum atomic E-state index is 12.6. The molecule has 0 saturated carbocycles. The number of hydrogen-bond donors (Lipinski definition) is 1. The Kier molecular flexibility index (Phi) is 6.82. The molecule has 0 unspecified atom stereocenters. The van der Waals surface area contributed by atoms with E-state index in [1.165, 1.54) is 34.6 Å². The summed E-state index contributed by atoms with van der Waals surface area (Å²) in [5.41, 5.74) is 1.58. The minimum atomic E-state index is -3.03. The molecule has 9 heteroatoms. The zero-order chi connectivity index (χ0) is 20.8. The molecule has 1 aromatic heterocycles. The Morgan fingerprint density at radius 2 is 2.00 bits per heavy atom. The van der Waals surface area contributed by atoms with Crippen LogP contribution in [0.3, 0.4) is 0 Å². The van der Waals surface area contributed by atoms with Gasteiger partial charge in [0.1, 0.15) is 11.5 Å². The Balaban J connectivity index is 1.63. The number of ether oxygens (including phenoxy) is 2. The van der Waals surface area contributed by atoms with E-state index in [2.05, 4.69) is 38.0 Å². The third kappa shape index (κ3) is 5.77. The smallest absolute Gasteiger partial charge is 0.387 e. The molecule has 152 valence electrons. The molecule has 1 heterocycles. The van der Waals surface area contributed by atoms with Gasteiger partial charge in [-0.15, -0.1) is 0 Å². The van der Waals surface area contributed by atoms with Crippen molar-refractivity contribution in [2.24, 2.45) is 0 Å². The molecule has 0 aliphatic heterocycles. The lowest BCUT2D eigenvalue weighted by Gasteiger charge is -2.10. The molecule has 0 bridgehead atoms. The van der Waals surface area contributed by atoms with Crippen molar-refractivity contribution in [3.63, 3.8) is 0 Å². The van der Waals surface area contributed by atoms with Crippen LogP contribution in [0.15, 0.2) is 59.3 Å². The number of benzene rings is 2. The molecule has 0 atom stereocenters. The number of anilines is 1. The molecular formula is C20H18BrF2N3O3. The molecule has 0 aliphatic carbocycles. The van der Waals surface area contributed by atoms with Crippen molar-refractivity contribution >= 4 is 27.5 Å². The number of carbonyl (C=O) groups is 1. The van der Waals surface area contributed by atoms with E-state index in [0.29, 0.717) is 15.9 Å². The Hall–Kier alpha value is -2.94. The van der Waals surface area contributed by atoms with E-state index in [9.17, 15) is 13.6 Å². The average molecular weight is 466 g/mol. The second kappa shape index (κ2) is 9.51. The van der Waals surface area contributed by atoms with Crippen LogP contribution in [-0.4, -0.2) is 22.3 Å². The molecule has 0 spiro atoms. The van der Waals surface area contributed by atoms with E-state index in [1.807, 2.05) is 24.3 Å². The van der Waals surface area contributed by atoms with Gasteiger partial charge in [-0.3, -0.25) is 4.79 Å². The third-order valence-corrected chi connectivity index (χ3v) is 4.48. The molecule has 3 aromatic rings. The minimum Gasteiger partial charge on any atom is -0.471 e. The molecule has 29 heavy (non-hydrogen) atoms. The molecule has 0 saturated heterocycles. The first-order valence-electron chi connectivity index (χ1n) is 8.74. The van der Waals surface area contributed by atoms with Gasteiger partial charge in [0.05, 0.1) is 23.6 Å². The Bertz CT molecular complexity index is 977. The SMILES string of the molecule is CCc1ccc(OCn2cc(NC(=O)c3cc(Br)ccc3OC(F)F)cn2)cc1. The standard InChI is InChI=1S/C20H18BrF2N3O3/c1-2-13-3-6-16(7-4-13)28-12-26-11-15(10-24-26)25-19(27)17-9-14(21)5-8-18(17)29-20(22)23/h3-11,20H,2,12H2,1H3,(H,25,27). The first-order valence-corrected chi connectivity index (χ1v) is 9.54. The Morgan fingerprint density at radius 3 is 2.69 bits per heavy atom. The summed E-state index contributed by atoms with van der Waals surface area (Å²) in [5, 5.41) is 6.73. The number of aromatic nitrogens is 2. The summed E-state index contributed by atoms with van der Waals surface area (Å²) < 4.78 is 37.3. The molecule has 1 amide bonds. The van der Waals surface area contributed by atoms with Crippen LogP contribution < -0.4 is 14.8 Å². The van der Waals surface area contributed by atoms with Crippen LogP contribution in [0.2, 0.25) is 0 Å². The number of halogens is 3. The fourth-order valence-electron chi connectivity index (χ4n) is 2.54. The van der Waals surface area contributed by atoms with Crippen LogP contribution in [0.4, 0.5) is 14.5 Å². The van der Waals surface area contributed by atoms with Crippen molar-refractivity contribution in [1.29, 1.82) is 0 Å². The number of alkyl halides is 2. The number of hydrogen-bond acceptors (Lipinski definition) is 4. The summed E-state index contributed by atoms with van der Waals surface area (Å²) in [5.74, 6) is -0.115. The topological polar surface area (TPSA) is 65.4 Å². The van der Waals surface area contributed by atoms with E-state index >= 15 is 0 Å². The van der Waals surface area contributed by atoms with Gasteiger partial charge in [-0.1, -0.05) is 35.0 Å². The van der Waals surface area contributed by atoms with Crippen molar-refractivity contribution < 1.29 is 23.0 Å². The highest BCUT2D eigenvalue weighted by Gasteiger charge is 2.17. The summed E-state index contributed by atoms with van der Waals surface area (Å²) in [7, 11) is 0. The van der Waals surface area contributed by atoms with Crippen molar-refractivity contribution in [3.05, 3.63) is 70.5 Å². The fourth-order valence-corrected chi connectivity index (χ4v) is 2.90. The fraction of sp³-hybridized carbons (Fsp3) is 0.200. The molecule has 6 nitrogen and oxygen atoms in total. The molecular weight excluding hydrogens is 448 g/mol. The Morgan fingerprint density at radius 1 is 1.24 bits per heavy atom. The number of nitrogens with one attached hydrogen (secondary N) is 1. The summed E-state index contributed by atoms with van der Waals surface area (Å²) >= 11 is 3.22. The van der Waals surface area contributed by atoms with Crippen LogP contribution in [-0.2, 0) is 13.2 Å². The Labute approximate surface area is 174 Å². The van der Waals surface area contributed by atoms with E-state index in [0.717, 1.165) is 6.42 Å². The number of carbonyl (C=O) groups excluding carboxylic acids is 1. The van der Waals surface area contributed by atoms with Gasteiger partial charge in [0.2, 0.25) is 0 Å². The highest BCUT2D eigenvalue weighted by Crippen LogP contribution is 2.26. The van der Waals surface area contributed by atoms with E-state index in [4.69, 9.17) is 4.74 Å². The van der Waals surface area contributed by atoms with Gasteiger partial charge < -0.3 is 14.8 Å². The number of amides is 1. The number of rotatable bonds is 8. The minimum absolute atomic E-state index is 0.0281. The van der Waals surface area contributed by atoms with Gasteiger partial charge >= 0.3 is 6.61 Å². The summed E-state index contributed by atoms with van der Waals surface area (Å²) in [6.07, 6.45) is 3.96. The molecule has 3 rings (SSSR count). The zero-order valence-corrected chi connectivity index (χ0v) is 17.0. The van der Waals surface area contributed by atoms with Crippen LogP contribution in [0, 0.1) is 0 Å². The monoisotopic (exact) mass is 465 g/mol. The molecule has 0 fully saturated rings. The molecule has 1 N–H and O–H groups in total. The van der Waals surface area contributed by atoms with E-state index < -0.39 is 12.5 Å². The number of nitrogens with zero attached hydrogens (tertiary/aromatic N) is 2. The van der Waals surface area contributed by atoms with Gasteiger partial charge in [-0.05, 0) is 42.3 Å². The van der Waals surface area contributed by atoms with Gasteiger partial charge in [0.25, 0.3) is 5.91 Å². The lowest BCUT2D eigenvalue weighted by atomic mass is 10.2. The van der Waals surface area contributed by atoms with Crippen LogP contribution in [0.1, 0.15) is 22.8 Å². The summed E-state index contributed by atoms with van der Waals surface area (Å²) in [6, 6.07) is 11.9. The largest absolute Gasteiger partial charge is 0.471 e. The highest BCUT2D eigenvalue weighted by atomic mass is 79.9. The lowest BCUT2D eigenvalue weighted by Crippen LogP contribution is -2.15. The number of aryl methyl sites for hydroxylation is 1. The van der Waals surface area contributed by atoms with Crippen molar-refractivity contribution in [2.45, 2.75) is 26.7 Å². The van der Waals surface area contributed by atoms with E-state index in [-0.39, 0.29) is 18.0 Å². The first-order chi connectivity index (χ1) is 13.9. The van der Waals surface area contributed by atoms with Crippen molar-refractivity contribution in [3.8, 4) is 11.5 Å². The summed E-state index contributed by atoms with van der Waals surface area (Å²) in [4.78, 5) is 12.5. The second-order valence-corrected chi connectivity index (χ2v) is 6.93. The van der Waals surface area contributed by atoms with E-state index in [1.54, 1.807) is 6.20 Å². The van der Waals surface area contributed by atoms with Gasteiger partial charge in [0, 0.05) is 4.47 Å².